The molecule has 18 heavy (non-hydrogen) atoms. The van der Waals surface area contributed by atoms with E-state index in [-0.39, 0.29) is 0 Å². The van der Waals surface area contributed by atoms with Gasteiger partial charge in [0.25, 0.3) is 0 Å². The number of hydrogen-bond donors (Lipinski definition) is 1. The van der Waals surface area contributed by atoms with E-state index in [1.807, 2.05) is 18.2 Å². The molecule has 0 radical (unpaired) electrons. The van der Waals surface area contributed by atoms with Gasteiger partial charge in [0, 0.05) is 39.6 Å². The van der Waals surface area contributed by atoms with Crippen molar-refractivity contribution in [2.75, 3.05) is 11.6 Å². The Balaban J connectivity index is 2.00. The highest BCUT2D eigenvalue weighted by molar-refractivity contribution is 7.83. The van der Waals surface area contributed by atoms with Crippen LogP contribution < -0.4 is 5.32 Å². The molecule has 0 amide bonds. The van der Waals surface area contributed by atoms with Crippen LogP contribution in [-0.4, -0.2) is 16.5 Å². The second kappa shape index (κ2) is 6.07. The van der Waals surface area contributed by atoms with Gasteiger partial charge in [-0.2, -0.15) is 0 Å². The van der Waals surface area contributed by atoms with Crippen LogP contribution in [0.1, 0.15) is 31.7 Å². The molecule has 2 rings (SSSR count). The Bertz CT molecular complexity index is 445. The Hall–Kier alpha value is -0.540. The van der Waals surface area contributed by atoms with Gasteiger partial charge >= 0.3 is 0 Å². The molecule has 1 N–H and O–H groups in total. The molecule has 1 fully saturated rings. The van der Waals surface area contributed by atoms with E-state index < -0.39 is 10.8 Å². The van der Waals surface area contributed by atoms with E-state index in [4.69, 9.17) is 11.6 Å². The van der Waals surface area contributed by atoms with Crippen LogP contribution in [0.15, 0.2) is 18.2 Å². The van der Waals surface area contributed by atoms with Crippen LogP contribution in [0.2, 0.25) is 5.02 Å². The Morgan fingerprint density at radius 1 is 1.50 bits per heavy atom. The molecule has 1 aromatic carbocycles. The van der Waals surface area contributed by atoms with Gasteiger partial charge in [-0.15, -0.1) is 0 Å². The van der Waals surface area contributed by atoms with Gasteiger partial charge in [0.1, 0.15) is 0 Å². The summed E-state index contributed by atoms with van der Waals surface area (Å²) in [5.41, 5.74) is 2.04. The highest BCUT2D eigenvalue weighted by Gasteiger charge is 2.23. The summed E-state index contributed by atoms with van der Waals surface area (Å²) in [6.45, 7) is 2.21. The van der Waals surface area contributed by atoms with Crippen LogP contribution in [0.3, 0.4) is 0 Å². The van der Waals surface area contributed by atoms with Crippen molar-refractivity contribution in [1.82, 2.24) is 0 Å². The average Bonchev–Trinajstić information content (AvgIpc) is 3.06. The Morgan fingerprint density at radius 3 is 2.83 bits per heavy atom. The minimum absolute atomic E-state index is 0.485. The molecule has 2 unspecified atom stereocenters. The molecule has 0 bridgehead atoms. The van der Waals surface area contributed by atoms with Crippen LogP contribution >= 0.6 is 11.6 Å². The van der Waals surface area contributed by atoms with Gasteiger partial charge in [-0.25, -0.2) is 0 Å². The van der Waals surface area contributed by atoms with E-state index in [1.165, 1.54) is 19.3 Å². The summed E-state index contributed by atoms with van der Waals surface area (Å²) in [7, 11) is -0.859. The minimum atomic E-state index is -0.859. The topological polar surface area (TPSA) is 29.1 Å². The van der Waals surface area contributed by atoms with Crippen molar-refractivity contribution in [1.29, 1.82) is 0 Å². The van der Waals surface area contributed by atoms with Gasteiger partial charge < -0.3 is 5.32 Å². The molecule has 100 valence electrons. The molecule has 0 spiro atoms. The number of nitrogens with one attached hydrogen (secondary N) is 1. The molecule has 1 aliphatic carbocycles. The average molecular weight is 286 g/mol. The van der Waals surface area contributed by atoms with Crippen LogP contribution in [-0.2, 0) is 16.6 Å². The van der Waals surface area contributed by atoms with Gasteiger partial charge in [-0.3, -0.25) is 4.21 Å². The third kappa shape index (κ3) is 4.29. The molecular formula is C14H20ClNOS. The van der Waals surface area contributed by atoms with Gasteiger partial charge in [0.2, 0.25) is 0 Å². The van der Waals surface area contributed by atoms with Crippen molar-refractivity contribution in [2.45, 2.75) is 38.0 Å². The molecule has 2 atom stereocenters. The van der Waals surface area contributed by atoms with Crippen molar-refractivity contribution < 1.29 is 4.21 Å². The minimum Gasteiger partial charge on any atom is -0.383 e. The van der Waals surface area contributed by atoms with Crippen molar-refractivity contribution in [3.63, 3.8) is 0 Å². The zero-order valence-electron chi connectivity index (χ0n) is 10.9. The number of benzene rings is 1. The third-order valence-corrected chi connectivity index (χ3v) is 4.29. The van der Waals surface area contributed by atoms with Gasteiger partial charge in [-0.05, 0) is 43.0 Å². The Labute approximate surface area is 117 Å². The van der Waals surface area contributed by atoms with E-state index in [0.29, 0.717) is 16.8 Å². The third-order valence-electron chi connectivity index (χ3n) is 3.20. The summed E-state index contributed by atoms with van der Waals surface area (Å²) < 4.78 is 11.3. The van der Waals surface area contributed by atoms with E-state index >= 15 is 0 Å². The SMILES string of the molecule is CC(CC1CC1)Nc1ccc(Cl)c(CS(C)=O)c1. The second-order valence-corrected chi connectivity index (χ2v) is 7.09. The lowest BCUT2D eigenvalue weighted by atomic mass is 10.1. The van der Waals surface area contributed by atoms with E-state index in [0.717, 1.165) is 17.2 Å². The molecule has 1 saturated carbocycles. The largest absolute Gasteiger partial charge is 0.383 e. The molecule has 4 heteroatoms. The van der Waals surface area contributed by atoms with Crippen molar-refractivity contribution >= 4 is 28.1 Å². The monoisotopic (exact) mass is 285 g/mol. The molecule has 1 aromatic rings. The van der Waals surface area contributed by atoms with Gasteiger partial charge in [0.05, 0.1) is 0 Å². The van der Waals surface area contributed by atoms with Gasteiger partial charge in [0.15, 0.2) is 0 Å². The first kappa shape index (κ1) is 13.9. The van der Waals surface area contributed by atoms with E-state index in [9.17, 15) is 4.21 Å². The van der Waals surface area contributed by atoms with Crippen LogP contribution in [0.25, 0.3) is 0 Å². The number of anilines is 1. The van der Waals surface area contributed by atoms with Crippen LogP contribution in [0.5, 0.6) is 0 Å². The van der Waals surface area contributed by atoms with E-state index in [2.05, 4.69) is 12.2 Å². The smallest absolute Gasteiger partial charge is 0.0498 e. The zero-order chi connectivity index (χ0) is 13.1. The Morgan fingerprint density at radius 2 is 2.22 bits per heavy atom. The summed E-state index contributed by atoms with van der Waals surface area (Å²) in [4.78, 5) is 0. The highest BCUT2D eigenvalue weighted by atomic mass is 35.5. The number of halogens is 1. The molecule has 0 aromatic heterocycles. The van der Waals surface area contributed by atoms with Crippen molar-refractivity contribution in [3.8, 4) is 0 Å². The normalized spacial score (nSPS) is 18.4. The predicted octanol–water partition coefficient (Wildman–Crippen LogP) is 3.82. The predicted molar refractivity (Wildman–Crippen MR) is 79.6 cm³/mol. The lowest BCUT2D eigenvalue weighted by Crippen LogP contribution is -2.15. The number of hydrogen-bond acceptors (Lipinski definition) is 2. The quantitative estimate of drug-likeness (QED) is 0.861. The standard InChI is InChI=1S/C14H20ClNOS/c1-10(7-11-3-4-11)16-13-5-6-14(15)12(8-13)9-18(2)17/h5-6,8,10-11,16H,3-4,7,9H2,1-2H3. The molecule has 0 heterocycles. The molecule has 0 aliphatic heterocycles. The maximum Gasteiger partial charge on any atom is 0.0498 e. The second-order valence-electron chi connectivity index (χ2n) is 5.25. The summed E-state index contributed by atoms with van der Waals surface area (Å²) in [6, 6.07) is 6.38. The molecular weight excluding hydrogens is 266 g/mol. The lowest BCUT2D eigenvalue weighted by Gasteiger charge is -2.16. The first-order valence-electron chi connectivity index (χ1n) is 6.39. The maximum atomic E-state index is 11.3. The first-order valence-corrected chi connectivity index (χ1v) is 8.50. The van der Waals surface area contributed by atoms with E-state index in [1.54, 1.807) is 6.26 Å². The van der Waals surface area contributed by atoms with Gasteiger partial charge in [-0.1, -0.05) is 24.4 Å². The van der Waals surface area contributed by atoms with Crippen LogP contribution in [0.4, 0.5) is 5.69 Å². The zero-order valence-corrected chi connectivity index (χ0v) is 12.5. The Kier molecular flexibility index (Phi) is 4.68. The summed E-state index contributed by atoms with van der Waals surface area (Å²) >= 11 is 6.11. The fraction of sp³-hybridized carbons (Fsp3) is 0.571. The summed E-state index contributed by atoms with van der Waals surface area (Å²) in [5.74, 6) is 1.44. The summed E-state index contributed by atoms with van der Waals surface area (Å²) in [6.07, 6.45) is 5.70. The molecule has 1 aliphatic rings. The fourth-order valence-corrected chi connectivity index (χ4v) is 3.13. The highest BCUT2D eigenvalue weighted by Crippen LogP contribution is 2.34. The molecule has 0 saturated heterocycles. The maximum absolute atomic E-state index is 11.3. The summed E-state index contributed by atoms with van der Waals surface area (Å²) in [5, 5.41) is 4.20. The number of rotatable bonds is 6. The van der Waals surface area contributed by atoms with Crippen LogP contribution in [0, 0.1) is 5.92 Å². The lowest BCUT2D eigenvalue weighted by molar-refractivity contribution is 0.642. The van der Waals surface area contributed by atoms with Crippen molar-refractivity contribution in [2.24, 2.45) is 5.92 Å². The molecule has 2 nitrogen and oxygen atoms in total. The fourth-order valence-electron chi connectivity index (χ4n) is 2.19. The van der Waals surface area contributed by atoms with Crippen molar-refractivity contribution in [3.05, 3.63) is 28.8 Å². The first-order chi connectivity index (χ1) is 8.54.